The third kappa shape index (κ3) is 6.20. The predicted octanol–water partition coefficient (Wildman–Crippen LogP) is 1.89. The summed E-state index contributed by atoms with van der Waals surface area (Å²) in [6.07, 6.45) is 7.38. The highest BCUT2D eigenvalue weighted by molar-refractivity contribution is 8.14. The van der Waals surface area contributed by atoms with Crippen LogP contribution in [0.3, 0.4) is 0 Å². The summed E-state index contributed by atoms with van der Waals surface area (Å²) in [5.74, 6) is -1.65. The van der Waals surface area contributed by atoms with E-state index in [1.54, 1.807) is 11.8 Å². The summed E-state index contributed by atoms with van der Waals surface area (Å²) >= 11 is 1.56. The van der Waals surface area contributed by atoms with E-state index in [1.807, 2.05) is 11.9 Å². The highest BCUT2D eigenvalue weighted by Crippen LogP contribution is 2.25. The Labute approximate surface area is 182 Å². The zero-order chi connectivity index (χ0) is 21.5. The van der Waals surface area contributed by atoms with Gasteiger partial charge >= 0.3 is 5.91 Å². The molecule has 1 aliphatic carbocycles. The van der Waals surface area contributed by atoms with Gasteiger partial charge in [-0.1, -0.05) is 44.4 Å². The summed E-state index contributed by atoms with van der Waals surface area (Å²) in [6, 6.07) is -0.822. The minimum absolute atomic E-state index is 0.0732. The molecular formula is C21H34N4O4S. The minimum atomic E-state index is -0.822. The van der Waals surface area contributed by atoms with Crippen molar-refractivity contribution in [3.8, 4) is 0 Å². The first-order valence-corrected chi connectivity index (χ1v) is 12.0. The average Bonchev–Trinajstić information content (AvgIpc) is 2.93. The first-order valence-electron chi connectivity index (χ1n) is 11.1. The molecule has 0 aromatic carbocycles. The lowest BCUT2D eigenvalue weighted by molar-refractivity contribution is -0.142. The van der Waals surface area contributed by atoms with Crippen LogP contribution in [0.25, 0.3) is 0 Å². The van der Waals surface area contributed by atoms with Gasteiger partial charge in [-0.25, -0.2) is 5.43 Å². The highest BCUT2D eigenvalue weighted by atomic mass is 32.2. The van der Waals surface area contributed by atoms with Crippen molar-refractivity contribution >= 4 is 34.5 Å². The fourth-order valence-electron chi connectivity index (χ4n) is 4.44. The van der Waals surface area contributed by atoms with Gasteiger partial charge in [0, 0.05) is 38.0 Å². The molecule has 2 atom stereocenters. The van der Waals surface area contributed by atoms with Gasteiger partial charge in [-0.3, -0.25) is 14.4 Å². The van der Waals surface area contributed by atoms with E-state index in [0.717, 1.165) is 45.1 Å². The molecule has 1 saturated carbocycles. The van der Waals surface area contributed by atoms with Crippen LogP contribution >= 0.6 is 11.8 Å². The molecule has 9 heteroatoms. The smallest absolute Gasteiger partial charge is 0.309 e. The number of carbonyl (C=O) groups is 3. The van der Waals surface area contributed by atoms with Crippen molar-refractivity contribution in [2.75, 3.05) is 26.8 Å². The first kappa shape index (κ1) is 23.1. The molecule has 0 aromatic heterocycles. The molecule has 8 nitrogen and oxygen atoms in total. The molecule has 2 heterocycles. The second kappa shape index (κ2) is 11.1. The molecule has 168 valence electrons. The molecule has 2 saturated heterocycles. The quantitative estimate of drug-likeness (QED) is 0.373. The standard InChI is InChI=1S/C21H34N4O4S/c1-14-13-25(2)21(30-14)24-23-20(28)18(26)17(15-9-11-29-12-10-15)22-19(27)16-7-5-3-4-6-8-16/h14-17H,3-13H2,1-2H3,(H,22,27)(H,23,28)/t14-,17?/m1/s1. The Balaban J connectivity index is 1.66. The summed E-state index contributed by atoms with van der Waals surface area (Å²) < 4.78 is 5.41. The van der Waals surface area contributed by atoms with Crippen molar-refractivity contribution in [1.82, 2.24) is 15.6 Å². The molecule has 1 unspecified atom stereocenters. The minimum Gasteiger partial charge on any atom is -0.381 e. The van der Waals surface area contributed by atoms with Gasteiger partial charge in [0.25, 0.3) is 0 Å². The van der Waals surface area contributed by atoms with Crippen LogP contribution in [-0.2, 0) is 19.1 Å². The molecule has 3 fully saturated rings. The number of nitrogens with zero attached hydrogens (tertiary/aromatic N) is 2. The van der Waals surface area contributed by atoms with Crippen LogP contribution in [0.2, 0.25) is 0 Å². The van der Waals surface area contributed by atoms with E-state index in [-0.39, 0.29) is 17.7 Å². The zero-order valence-corrected chi connectivity index (χ0v) is 18.8. The number of hydrogen-bond acceptors (Lipinski definition) is 6. The van der Waals surface area contributed by atoms with E-state index in [0.29, 0.717) is 36.5 Å². The number of thioether (sulfide) groups is 1. The van der Waals surface area contributed by atoms with Gasteiger partial charge < -0.3 is 15.0 Å². The number of Topliss-reactive ketones (excluding diaryl/α,β-unsaturated/α-hetero) is 1. The molecule has 2 amide bonds. The third-order valence-corrected chi connectivity index (χ3v) is 7.35. The number of hydrogen-bond donors (Lipinski definition) is 2. The molecule has 0 bridgehead atoms. The van der Waals surface area contributed by atoms with E-state index in [9.17, 15) is 14.4 Å². The van der Waals surface area contributed by atoms with Crippen molar-refractivity contribution in [3.05, 3.63) is 0 Å². The summed E-state index contributed by atoms with van der Waals surface area (Å²) in [7, 11) is 1.90. The highest BCUT2D eigenvalue weighted by Gasteiger charge is 2.36. The molecule has 2 aliphatic heterocycles. The summed E-state index contributed by atoms with van der Waals surface area (Å²) in [5.41, 5.74) is 2.41. The van der Waals surface area contributed by atoms with E-state index < -0.39 is 17.7 Å². The Morgan fingerprint density at radius 1 is 1.10 bits per heavy atom. The van der Waals surface area contributed by atoms with E-state index in [2.05, 4.69) is 22.8 Å². The Bertz CT molecular complexity index is 657. The van der Waals surface area contributed by atoms with Crippen LogP contribution in [0.5, 0.6) is 0 Å². The molecule has 2 N–H and O–H groups in total. The molecular weight excluding hydrogens is 404 g/mol. The fourth-order valence-corrected chi connectivity index (χ4v) is 5.45. The number of ether oxygens (including phenoxy) is 1. The SMILES string of the molecule is C[C@@H]1CN(C)C(=NNC(=O)C(=O)C(NC(=O)C2CCCCCC2)C2CCOCC2)S1. The average molecular weight is 439 g/mol. The van der Waals surface area contributed by atoms with Gasteiger partial charge in [0.05, 0.1) is 0 Å². The van der Waals surface area contributed by atoms with E-state index in [1.165, 1.54) is 0 Å². The first-order chi connectivity index (χ1) is 14.5. The summed E-state index contributed by atoms with van der Waals surface area (Å²) in [4.78, 5) is 40.5. The Morgan fingerprint density at radius 2 is 1.77 bits per heavy atom. The van der Waals surface area contributed by atoms with Crippen molar-refractivity contribution in [1.29, 1.82) is 0 Å². The molecule has 30 heavy (non-hydrogen) atoms. The van der Waals surface area contributed by atoms with Gasteiger partial charge in [-0.15, -0.1) is 5.10 Å². The Morgan fingerprint density at radius 3 is 2.37 bits per heavy atom. The van der Waals surface area contributed by atoms with Gasteiger partial charge in [0.15, 0.2) is 5.17 Å². The van der Waals surface area contributed by atoms with E-state index >= 15 is 0 Å². The number of ketones is 1. The summed E-state index contributed by atoms with van der Waals surface area (Å²) in [6.45, 7) is 4.00. The topological polar surface area (TPSA) is 100 Å². The molecule has 0 aromatic rings. The second-order valence-electron chi connectivity index (χ2n) is 8.63. The predicted molar refractivity (Wildman–Crippen MR) is 117 cm³/mol. The van der Waals surface area contributed by atoms with Crippen molar-refractivity contribution in [2.45, 2.75) is 69.6 Å². The lowest BCUT2D eigenvalue weighted by Crippen LogP contribution is -2.53. The molecule has 3 aliphatic rings. The monoisotopic (exact) mass is 438 g/mol. The van der Waals surface area contributed by atoms with Gasteiger partial charge in [0.2, 0.25) is 11.7 Å². The Kier molecular flexibility index (Phi) is 8.56. The number of rotatable bonds is 6. The lowest BCUT2D eigenvalue weighted by atomic mass is 9.87. The fraction of sp³-hybridized carbons (Fsp3) is 0.810. The van der Waals surface area contributed by atoms with Crippen LogP contribution in [0.15, 0.2) is 5.10 Å². The van der Waals surface area contributed by atoms with Gasteiger partial charge in [-0.2, -0.15) is 0 Å². The number of amidine groups is 1. The lowest BCUT2D eigenvalue weighted by Gasteiger charge is -2.30. The summed E-state index contributed by atoms with van der Waals surface area (Å²) in [5, 5.41) is 8.15. The maximum atomic E-state index is 13.0. The third-order valence-electron chi connectivity index (χ3n) is 6.18. The van der Waals surface area contributed by atoms with Crippen molar-refractivity contribution in [2.24, 2.45) is 16.9 Å². The van der Waals surface area contributed by atoms with Crippen LogP contribution in [0.4, 0.5) is 0 Å². The number of nitrogens with one attached hydrogen (secondary N) is 2. The maximum absolute atomic E-state index is 13.0. The maximum Gasteiger partial charge on any atom is 0.309 e. The normalized spacial score (nSPS) is 26.3. The van der Waals surface area contributed by atoms with Crippen molar-refractivity contribution < 1.29 is 19.1 Å². The molecule has 0 spiro atoms. The van der Waals surface area contributed by atoms with Crippen LogP contribution in [0.1, 0.15) is 58.3 Å². The van der Waals surface area contributed by atoms with Crippen LogP contribution < -0.4 is 10.7 Å². The second-order valence-corrected chi connectivity index (χ2v) is 10.0. The van der Waals surface area contributed by atoms with Gasteiger partial charge in [-0.05, 0) is 31.6 Å². The Hall–Kier alpha value is -1.61. The molecule has 0 radical (unpaired) electrons. The number of amides is 2. The van der Waals surface area contributed by atoms with Crippen molar-refractivity contribution in [3.63, 3.8) is 0 Å². The zero-order valence-electron chi connectivity index (χ0n) is 18.0. The van der Waals surface area contributed by atoms with Crippen LogP contribution in [-0.4, -0.2) is 65.8 Å². The van der Waals surface area contributed by atoms with Gasteiger partial charge in [0.1, 0.15) is 6.04 Å². The molecule has 3 rings (SSSR count). The number of carbonyl (C=O) groups excluding carboxylic acids is 3. The number of hydrazone groups is 1. The van der Waals surface area contributed by atoms with Crippen LogP contribution in [0, 0.1) is 11.8 Å². The van der Waals surface area contributed by atoms with E-state index in [4.69, 9.17) is 4.74 Å². The largest absolute Gasteiger partial charge is 0.381 e.